The average molecular weight is 158 g/mol. The minimum atomic E-state index is -0.0446. The van der Waals surface area contributed by atoms with Crippen LogP contribution >= 0.6 is 0 Å². The molecule has 0 atom stereocenters. The molecule has 64 valence electrons. The van der Waals surface area contributed by atoms with Gasteiger partial charge in [-0.2, -0.15) is 0 Å². The largest absolute Gasteiger partial charge is 0.355 e. The third-order valence-electron chi connectivity index (χ3n) is 1.17. The summed E-state index contributed by atoms with van der Waals surface area (Å²) in [5.74, 6) is -0.0446. The minimum Gasteiger partial charge on any atom is -0.355 e. The van der Waals surface area contributed by atoms with Gasteiger partial charge < -0.3 is 10.1 Å². The van der Waals surface area contributed by atoms with Crippen molar-refractivity contribution in [3.05, 3.63) is 0 Å². The summed E-state index contributed by atoms with van der Waals surface area (Å²) >= 11 is 0. The molecule has 0 rings (SSSR count). The van der Waals surface area contributed by atoms with Gasteiger partial charge in [-0.3, -0.25) is 9.69 Å². The fraction of sp³-hybridized carbons (Fsp3) is 0.714. The van der Waals surface area contributed by atoms with E-state index in [4.69, 9.17) is 0 Å². The van der Waals surface area contributed by atoms with Gasteiger partial charge in [-0.15, -0.1) is 0 Å². The highest BCUT2D eigenvalue weighted by atomic mass is 16.2. The molecule has 4 heteroatoms. The first-order valence-corrected chi connectivity index (χ1v) is 3.59. The van der Waals surface area contributed by atoms with Crippen LogP contribution in [0.2, 0.25) is 0 Å². The zero-order valence-electron chi connectivity index (χ0n) is 6.96. The first kappa shape index (κ1) is 10.1. The van der Waals surface area contributed by atoms with Crippen molar-refractivity contribution in [2.45, 2.75) is 6.92 Å². The molecule has 0 radical (unpaired) electrons. The minimum absolute atomic E-state index is 0.0446. The van der Waals surface area contributed by atoms with E-state index in [1.54, 1.807) is 11.9 Å². The topological polar surface area (TPSA) is 49.4 Å². The monoisotopic (exact) mass is 158 g/mol. The fourth-order valence-electron chi connectivity index (χ4n) is 0.690. The van der Waals surface area contributed by atoms with Crippen LogP contribution in [0, 0.1) is 0 Å². The number of likely N-dealkylation sites (N-methyl/N-ethyl adjacent to an activating group) is 2. The van der Waals surface area contributed by atoms with Crippen molar-refractivity contribution in [1.82, 2.24) is 10.2 Å². The second-order valence-corrected chi connectivity index (χ2v) is 2.32. The molecule has 4 nitrogen and oxygen atoms in total. The van der Waals surface area contributed by atoms with Crippen LogP contribution in [0.25, 0.3) is 0 Å². The lowest BCUT2D eigenvalue weighted by Crippen LogP contribution is -2.35. The summed E-state index contributed by atoms with van der Waals surface area (Å²) < 4.78 is 0. The highest BCUT2D eigenvalue weighted by Crippen LogP contribution is 1.77. The predicted octanol–water partition coefficient (Wildman–Crippen LogP) is -0.747. The SMILES string of the molecule is CCNC(=O)CN(C)CC=O. The van der Waals surface area contributed by atoms with Gasteiger partial charge in [0.05, 0.1) is 13.1 Å². The van der Waals surface area contributed by atoms with Crippen molar-refractivity contribution in [2.24, 2.45) is 0 Å². The maximum atomic E-state index is 10.9. The normalized spacial score (nSPS) is 9.73. The molecule has 0 unspecified atom stereocenters. The van der Waals surface area contributed by atoms with Crippen LogP contribution in [0.15, 0.2) is 0 Å². The molecule has 0 aliphatic heterocycles. The van der Waals surface area contributed by atoms with Gasteiger partial charge in [-0.25, -0.2) is 0 Å². The van der Waals surface area contributed by atoms with E-state index in [1.165, 1.54) is 0 Å². The molecule has 0 fully saturated rings. The van der Waals surface area contributed by atoms with Crippen LogP contribution in [-0.2, 0) is 9.59 Å². The summed E-state index contributed by atoms with van der Waals surface area (Å²) in [5, 5.41) is 2.64. The molecule has 0 saturated carbocycles. The number of amides is 1. The Labute approximate surface area is 66.6 Å². The highest BCUT2D eigenvalue weighted by molar-refractivity contribution is 5.78. The Balaban J connectivity index is 3.48. The third-order valence-corrected chi connectivity index (χ3v) is 1.17. The van der Waals surface area contributed by atoms with Gasteiger partial charge in [0.1, 0.15) is 6.29 Å². The lowest BCUT2D eigenvalue weighted by Gasteiger charge is -2.11. The van der Waals surface area contributed by atoms with E-state index in [0.717, 1.165) is 6.29 Å². The summed E-state index contributed by atoms with van der Waals surface area (Å²) in [6.07, 6.45) is 0.777. The Hall–Kier alpha value is -0.900. The summed E-state index contributed by atoms with van der Waals surface area (Å²) in [6.45, 7) is 3.08. The van der Waals surface area contributed by atoms with Crippen LogP contribution < -0.4 is 5.32 Å². The molecular weight excluding hydrogens is 144 g/mol. The molecule has 0 aromatic heterocycles. The summed E-state index contributed by atoms with van der Waals surface area (Å²) in [5.41, 5.74) is 0. The number of aldehydes is 1. The molecule has 0 bridgehead atoms. The molecule has 1 amide bonds. The molecule has 11 heavy (non-hydrogen) atoms. The van der Waals surface area contributed by atoms with E-state index in [1.807, 2.05) is 6.92 Å². The Kier molecular flexibility index (Phi) is 5.37. The van der Waals surface area contributed by atoms with Crippen molar-refractivity contribution in [2.75, 3.05) is 26.7 Å². The average Bonchev–Trinajstić information content (AvgIpc) is 1.87. The van der Waals surface area contributed by atoms with Crippen LogP contribution in [0.5, 0.6) is 0 Å². The number of carbonyl (C=O) groups excluding carboxylic acids is 2. The van der Waals surface area contributed by atoms with Crippen molar-refractivity contribution >= 4 is 12.2 Å². The number of carbonyl (C=O) groups is 2. The molecule has 0 aliphatic rings. The summed E-state index contributed by atoms with van der Waals surface area (Å²) in [7, 11) is 1.73. The highest BCUT2D eigenvalue weighted by Gasteiger charge is 2.02. The van der Waals surface area contributed by atoms with E-state index in [0.29, 0.717) is 13.1 Å². The van der Waals surface area contributed by atoms with E-state index in [2.05, 4.69) is 5.32 Å². The van der Waals surface area contributed by atoms with Crippen molar-refractivity contribution < 1.29 is 9.59 Å². The maximum absolute atomic E-state index is 10.9. The first-order chi connectivity index (χ1) is 5.20. The molecule has 1 N–H and O–H groups in total. The second kappa shape index (κ2) is 5.85. The van der Waals surface area contributed by atoms with Crippen molar-refractivity contribution in [3.8, 4) is 0 Å². The molecule has 0 saturated heterocycles. The second-order valence-electron chi connectivity index (χ2n) is 2.32. The van der Waals surface area contributed by atoms with Gasteiger partial charge in [0.25, 0.3) is 0 Å². The number of rotatable bonds is 5. The molecule has 0 aromatic rings. The number of nitrogens with zero attached hydrogens (tertiary/aromatic N) is 1. The van der Waals surface area contributed by atoms with E-state index in [-0.39, 0.29) is 12.5 Å². The Morgan fingerprint density at radius 2 is 2.27 bits per heavy atom. The quantitative estimate of drug-likeness (QED) is 0.536. The van der Waals surface area contributed by atoms with Crippen LogP contribution in [0.4, 0.5) is 0 Å². The number of hydrogen-bond acceptors (Lipinski definition) is 3. The van der Waals surface area contributed by atoms with E-state index >= 15 is 0 Å². The van der Waals surface area contributed by atoms with E-state index in [9.17, 15) is 9.59 Å². The van der Waals surface area contributed by atoms with Gasteiger partial charge in [0, 0.05) is 6.54 Å². The zero-order chi connectivity index (χ0) is 8.69. The molecular formula is C7H14N2O2. The number of hydrogen-bond donors (Lipinski definition) is 1. The number of nitrogens with one attached hydrogen (secondary N) is 1. The summed E-state index contributed by atoms with van der Waals surface area (Å²) in [6, 6.07) is 0. The van der Waals surface area contributed by atoms with Gasteiger partial charge >= 0.3 is 0 Å². The third kappa shape index (κ3) is 5.54. The van der Waals surface area contributed by atoms with Crippen molar-refractivity contribution in [1.29, 1.82) is 0 Å². The smallest absolute Gasteiger partial charge is 0.234 e. The van der Waals surface area contributed by atoms with Crippen LogP contribution in [-0.4, -0.2) is 43.8 Å². The van der Waals surface area contributed by atoms with Crippen LogP contribution in [0.1, 0.15) is 6.92 Å². The molecule has 0 heterocycles. The van der Waals surface area contributed by atoms with Gasteiger partial charge in [0.15, 0.2) is 0 Å². The Bertz CT molecular complexity index is 136. The fourth-order valence-corrected chi connectivity index (χ4v) is 0.690. The lowest BCUT2D eigenvalue weighted by molar-refractivity contribution is -0.122. The standard InChI is InChI=1S/C7H14N2O2/c1-3-8-7(11)6-9(2)4-5-10/h5H,3-4,6H2,1-2H3,(H,8,11). The predicted molar refractivity (Wildman–Crippen MR) is 42.2 cm³/mol. The molecule has 0 spiro atoms. The molecule has 0 aromatic carbocycles. The van der Waals surface area contributed by atoms with E-state index < -0.39 is 0 Å². The Morgan fingerprint density at radius 1 is 1.64 bits per heavy atom. The van der Waals surface area contributed by atoms with Gasteiger partial charge in [-0.05, 0) is 14.0 Å². The van der Waals surface area contributed by atoms with Crippen molar-refractivity contribution in [3.63, 3.8) is 0 Å². The summed E-state index contributed by atoms with van der Waals surface area (Å²) in [4.78, 5) is 22.5. The van der Waals surface area contributed by atoms with Gasteiger partial charge in [-0.1, -0.05) is 0 Å². The van der Waals surface area contributed by atoms with Crippen LogP contribution in [0.3, 0.4) is 0 Å². The first-order valence-electron chi connectivity index (χ1n) is 3.59. The zero-order valence-corrected chi connectivity index (χ0v) is 6.96. The molecule has 0 aliphatic carbocycles. The maximum Gasteiger partial charge on any atom is 0.234 e. The lowest BCUT2D eigenvalue weighted by atomic mass is 10.5. The Morgan fingerprint density at radius 3 is 2.73 bits per heavy atom. The van der Waals surface area contributed by atoms with Gasteiger partial charge in [0.2, 0.25) is 5.91 Å².